The molecule has 2 heterocycles. The Morgan fingerprint density at radius 1 is 1.31 bits per heavy atom. The lowest BCUT2D eigenvalue weighted by Crippen LogP contribution is -2.39. The second-order valence-corrected chi connectivity index (χ2v) is 6.58. The van der Waals surface area contributed by atoms with Crippen LogP contribution in [0.1, 0.15) is 18.4 Å². The van der Waals surface area contributed by atoms with E-state index in [2.05, 4.69) is 9.97 Å². The number of hydrazine groups is 1. The molecule has 0 saturated heterocycles. The minimum atomic E-state index is -0.377. The van der Waals surface area contributed by atoms with E-state index in [1.807, 2.05) is 6.92 Å². The first-order valence-electron chi connectivity index (χ1n) is 8.32. The SMILES string of the molecule is Cc1ccc(F)cc1-c1cc(=O)c2cc(N(N)C(=O)C3CC3)ncc2[nH]1. The fourth-order valence-electron chi connectivity index (χ4n) is 2.94. The number of nitrogens with two attached hydrogens (primary N) is 1. The number of nitrogens with one attached hydrogen (secondary N) is 1. The Labute approximate surface area is 148 Å². The van der Waals surface area contributed by atoms with E-state index in [0.717, 1.165) is 23.4 Å². The molecule has 132 valence electrons. The fraction of sp³-hybridized carbons (Fsp3) is 0.211. The number of aryl methyl sites for hydroxylation is 1. The van der Waals surface area contributed by atoms with E-state index in [1.165, 1.54) is 30.5 Å². The number of halogens is 1. The largest absolute Gasteiger partial charge is 0.353 e. The topological polar surface area (TPSA) is 92.1 Å². The summed E-state index contributed by atoms with van der Waals surface area (Å²) in [6, 6.07) is 7.32. The van der Waals surface area contributed by atoms with Gasteiger partial charge in [0.2, 0.25) is 5.91 Å². The van der Waals surface area contributed by atoms with Crippen molar-refractivity contribution in [2.75, 3.05) is 5.01 Å². The van der Waals surface area contributed by atoms with Crippen molar-refractivity contribution in [1.82, 2.24) is 9.97 Å². The van der Waals surface area contributed by atoms with Crippen molar-refractivity contribution < 1.29 is 9.18 Å². The number of carbonyl (C=O) groups excluding carboxylic acids is 1. The van der Waals surface area contributed by atoms with Crippen LogP contribution < -0.4 is 16.3 Å². The number of aromatic nitrogens is 2. The van der Waals surface area contributed by atoms with Crippen molar-refractivity contribution in [2.45, 2.75) is 19.8 Å². The molecule has 0 bridgehead atoms. The number of anilines is 1. The Hall–Kier alpha value is -3.06. The van der Waals surface area contributed by atoms with Crippen molar-refractivity contribution in [3.8, 4) is 11.3 Å². The van der Waals surface area contributed by atoms with Gasteiger partial charge in [-0.1, -0.05) is 6.07 Å². The van der Waals surface area contributed by atoms with Gasteiger partial charge in [0.25, 0.3) is 0 Å². The first kappa shape index (κ1) is 16.4. The third-order valence-corrected chi connectivity index (χ3v) is 4.60. The highest BCUT2D eigenvalue weighted by Crippen LogP contribution is 2.31. The normalized spacial score (nSPS) is 13.8. The predicted octanol–water partition coefficient (Wildman–Crippen LogP) is 2.65. The van der Waals surface area contributed by atoms with Gasteiger partial charge in [-0.25, -0.2) is 20.2 Å². The molecule has 7 heteroatoms. The number of hydrogen-bond donors (Lipinski definition) is 2. The minimum Gasteiger partial charge on any atom is -0.353 e. The number of H-pyrrole nitrogens is 1. The van der Waals surface area contributed by atoms with Crippen LogP contribution >= 0.6 is 0 Å². The number of nitrogens with zero attached hydrogens (tertiary/aromatic N) is 2. The molecule has 1 aliphatic carbocycles. The monoisotopic (exact) mass is 352 g/mol. The predicted molar refractivity (Wildman–Crippen MR) is 96.9 cm³/mol. The highest BCUT2D eigenvalue weighted by molar-refractivity contribution is 5.96. The maximum Gasteiger partial charge on any atom is 0.245 e. The number of rotatable bonds is 3. The van der Waals surface area contributed by atoms with E-state index in [9.17, 15) is 14.0 Å². The quantitative estimate of drug-likeness (QED) is 0.431. The van der Waals surface area contributed by atoms with Crippen molar-refractivity contribution in [1.29, 1.82) is 0 Å². The Morgan fingerprint density at radius 3 is 2.81 bits per heavy atom. The molecule has 3 aromatic rings. The number of pyridine rings is 2. The molecule has 1 saturated carbocycles. The van der Waals surface area contributed by atoms with E-state index in [-0.39, 0.29) is 28.9 Å². The molecule has 0 unspecified atom stereocenters. The smallest absolute Gasteiger partial charge is 0.245 e. The van der Waals surface area contributed by atoms with Crippen LogP contribution in [0.5, 0.6) is 0 Å². The van der Waals surface area contributed by atoms with Gasteiger partial charge in [-0.15, -0.1) is 0 Å². The lowest BCUT2D eigenvalue weighted by molar-refractivity contribution is -0.119. The van der Waals surface area contributed by atoms with Crippen LogP contribution in [-0.2, 0) is 4.79 Å². The van der Waals surface area contributed by atoms with Gasteiger partial charge in [-0.05, 0) is 43.5 Å². The molecule has 1 fully saturated rings. The zero-order chi connectivity index (χ0) is 18.4. The Morgan fingerprint density at radius 2 is 2.08 bits per heavy atom. The lowest BCUT2D eigenvalue weighted by atomic mass is 10.0. The summed E-state index contributed by atoms with van der Waals surface area (Å²) in [5, 5.41) is 1.37. The van der Waals surface area contributed by atoms with E-state index in [0.29, 0.717) is 22.2 Å². The van der Waals surface area contributed by atoms with Crippen molar-refractivity contribution in [2.24, 2.45) is 11.8 Å². The number of amides is 1. The Balaban J connectivity index is 1.79. The van der Waals surface area contributed by atoms with Crippen LogP contribution in [0.25, 0.3) is 22.2 Å². The third kappa shape index (κ3) is 2.86. The van der Waals surface area contributed by atoms with Gasteiger partial charge in [0, 0.05) is 17.5 Å². The fourth-order valence-corrected chi connectivity index (χ4v) is 2.94. The van der Waals surface area contributed by atoms with Crippen molar-refractivity contribution in [3.63, 3.8) is 0 Å². The molecule has 1 aliphatic rings. The summed E-state index contributed by atoms with van der Waals surface area (Å²) in [5.41, 5.74) is 2.19. The number of aromatic amines is 1. The van der Waals surface area contributed by atoms with Crippen LogP contribution in [0, 0.1) is 18.7 Å². The molecule has 6 nitrogen and oxygen atoms in total. The summed E-state index contributed by atoms with van der Waals surface area (Å²) < 4.78 is 13.6. The molecular formula is C19H17FN4O2. The maximum absolute atomic E-state index is 13.6. The zero-order valence-electron chi connectivity index (χ0n) is 14.1. The van der Waals surface area contributed by atoms with Crippen LogP contribution in [0.2, 0.25) is 0 Å². The Bertz CT molecular complexity index is 1090. The molecule has 4 rings (SSSR count). The van der Waals surface area contributed by atoms with Gasteiger partial charge in [0.05, 0.1) is 22.8 Å². The first-order chi connectivity index (χ1) is 12.4. The standard InChI is InChI=1S/C19H17FN4O2/c1-10-2-5-12(20)6-13(10)15-8-17(25)14-7-18(22-9-16(14)23-15)24(21)19(26)11-3-4-11/h2,5-9,11H,3-4,21H2,1H3,(H,23,25). The van der Waals surface area contributed by atoms with Gasteiger partial charge in [-0.3, -0.25) is 9.59 Å². The molecule has 0 radical (unpaired) electrons. The summed E-state index contributed by atoms with van der Waals surface area (Å²) in [4.78, 5) is 31.9. The van der Waals surface area contributed by atoms with Crippen LogP contribution in [-0.4, -0.2) is 15.9 Å². The van der Waals surface area contributed by atoms with E-state index in [1.54, 1.807) is 6.07 Å². The summed E-state index contributed by atoms with van der Waals surface area (Å²) in [6.45, 7) is 1.84. The summed E-state index contributed by atoms with van der Waals surface area (Å²) in [5.74, 6) is 5.46. The molecule has 3 N–H and O–H groups in total. The molecule has 0 spiro atoms. The highest BCUT2D eigenvalue weighted by Gasteiger charge is 2.33. The molecule has 26 heavy (non-hydrogen) atoms. The van der Waals surface area contributed by atoms with Crippen LogP contribution in [0.15, 0.2) is 41.3 Å². The second kappa shape index (κ2) is 6.03. The van der Waals surface area contributed by atoms with Crippen molar-refractivity contribution in [3.05, 3.63) is 58.1 Å². The summed E-state index contributed by atoms with van der Waals surface area (Å²) >= 11 is 0. The molecular weight excluding hydrogens is 335 g/mol. The third-order valence-electron chi connectivity index (χ3n) is 4.60. The van der Waals surface area contributed by atoms with Gasteiger partial charge < -0.3 is 4.98 Å². The minimum absolute atomic E-state index is 0.0471. The van der Waals surface area contributed by atoms with Crippen molar-refractivity contribution >= 4 is 22.6 Å². The summed E-state index contributed by atoms with van der Waals surface area (Å²) in [7, 11) is 0. The van der Waals surface area contributed by atoms with Crippen LogP contribution in [0.3, 0.4) is 0 Å². The van der Waals surface area contributed by atoms with Crippen LogP contribution in [0.4, 0.5) is 10.2 Å². The van der Waals surface area contributed by atoms with Gasteiger partial charge in [-0.2, -0.15) is 0 Å². The lowest BCUT2D eigenvalue weighted by Gasteiger charge is -2.15. The van der Waals surface area contributed by atoms with E-state index >= 15 is 0 Å². The van der Waals surface area contributed by atoms with E-state index < -0.39 is 0 Å². The van der Waals surface area contributed by atoms with Gasteiger partial charge in [0.15, 0.2) is 11.2 Å². The number of fused-ring (bicyclic) bond motifs is 1. The second-order valence-electron chi connectivity index (χ2n) is 6.58. The molecule has 0 atom stereocenters. The van der Waals surface area contributed by atoms with Gasteiger partial charge in [0.1, 0.15) is 5.82 Å². The zero-order valence-corrected chi connectivity index (χ0v) is 14.1. The highest BCUT2D eigenvalue weighted by atomic mass is 19.1. The number of benzene rings is 1. The molecule has 1 aromatic carbocycles. The number of carbonyl (C=O) groups is 1. The first-order valence-corrected chi connectivity index (χ1v) is 8.32. The van der Waals surface area contributed by atoms with Gasteiger partial charge >= 0.3 is 0 Å². The molecule has 1 amide bonds. The molecule has 2 aromatic heterocycles. The Kier molecular flexibility index (Phi) is 3.81. The summed E-state index contributed by atoms with van der Waals surface area (Å²) in [6.07, 6.45) is 3.12. The molecule has 0 aliphatic heterocycles. The van der Waals surface area contributed by atoms with E-state index in [4.69, 9.17) is 5.84 Å². The average molecular weight is 352 g/mol. The number of hydrogen-bond acceptors (Lipinski definition) is 4. The maximum atomic E-state index is 13.6. The average Bonchev–Trinajstić information content (AvgIpc) is 3.47.